The fourth-order valence-corrected chi connectivity index (χ4v) is 5.45. The lowest BCUT2D eigenvalue weighted by Crippen LogP contribution is -2.61. The van der Waals surface area contributed by atoms with Crippen molar-refractivity contribution in [1.82, 2.24) is 4.90 Å². The summed E-state index contributed by atoms with van der Waals surface area (Å²) in [5, 5.41) is 1.22. The zero-order valence-corrected chi connectivity index (χ0v) is 15.3. The van der Waals surface area contributed by atoms with Crippen LogP contribution in [0.5, 0.6) is 0 Å². The third-order valence-corrected chi connectivity index (χ3v) is 6.73. The molecule has 6 heteroatoms. The molecule has 4 aliphatic heterocycles. The maximum atomic E-state index is 12.6. The highest BCUT2D eigenvalue weighted by Gasteiger charge is 2.55. The van der Waals surface area contributed by atoms with Crippen molar-refractivity contribution >= 4 is 45.6 Å². The van der Waals surface area contributed by atoms with Crippen molar-refractivity contribution < 1.29 is 9.53 Å². The highest BCUT2D eigenvalue weighted by atomic mass is 35.5. The SMILES string of the molecule is Cc1cc2cc(N3C[C@@]4(CN5CCC4CC5)OC3=O)ccc2s1.Cl. The van der Waals surface area contributed by atoms with Gasteiger partial charge in [0.1, 0.15) is 5.60 Å². The number of rotatable bonds is 1. The molecule has 24 heavy (non-hydrogen) atoms. The highest BCUT2D eigenvalue weighted by Crippen LogP contribution is 2.43. The third-order valence-electron chi connectivity index (χ3n) is 5.69. The Balaban J connectivity index is 0.00000146. The number of nitrogens with zero attached hydrogens (tertiary/aromatic N) is 2. The summed E-state index contributed by atoms with van der Waals surface area (Å²) in [6, 6.07) is 8.49. The van der Waals surface area contributed by atoms with Gasteiger partial charge in [-0.15, -0.1) is 23.7 Å². The molecule has 1 aromatic heterocycles. The largest absolute Gasteiger partial charge is 0.439 e. The third kappa shape index (κ3) is 2.33. The van der Waals surface area contributed by atoms with Gasteiger partial charge in [0.25, 0.3) is 0 Å². The molecule has 6 rings (SSSR count). The maximum Gasteiger partial charge on any atom is 0.415 e. The second kappa shape index (κ2) is 5.61. The number of thiophene rings is 1. The van der Waals surface area contributed by atoms with E-state index in [0.717, 1.165) is 38.2 Å². The van der Waals surface area contributed by atoms with Crippen molar-refractivity contribution in [2.45, 2.75) is 25.4 Å². The fourth-order valence-electron chi connectivity index (χ4n) is 4.54. The van der Waals surface area contributed by atoms with E-state index in [4.69, 9.17) is 4.74 Å². The highest BCUT2D eigenvalue weighted by molar-refractivity contribution is 7.19. The molecule has 2 aromatic rings. The lowest BCUT2D eigenvalue weighted by atomic mass is 9.75. The number of fused-ring (bicyclic) bond motifs is 3. The predicted octanol–water partition coefficient (Wildman–Crippen LogP) is 4.05. The Labute approximate surface area is 151 Å². The molecule has 0 aliphatic carbocycles. The number of carbonyl (C=O) groups is 1. The van der Waals surface area contributed by atoms with E-state index < -0.39 is 0 Å². The Bertz CT molecular complexity index is 799. The van der Waals surface area contributed by atoms with Crippen LogP contribution in [0.25, 0.3) is 10.1 Å². The Kier molecular flexibility index (Phi) is 3.79. The monoisotopic (exact) mass is 364 g/mol. The summed E-state index contributed by atoms with van der Waals surface area (Å²) in [4.78, 5) is 18.1. The van der Waals surface area contributed by atoms with E-state index in [1.54, 1.807) is 11.3 Å². The van der Waals surface area contributed by atoms with Crippen molar-refractivity contribution in [3.63, 3.8) is 0 Å². The Hall–Kier alpha value is -1.30. The van der Waals surface area contributed by atoms with Gasteiger partial charge in [-0.1, -0.05) is 0 Å². The van der Waals surface area contributed by atoms with Crippen molar-refractivity contribution in [2.24, 2.45) is 5.92 Å². The second-order valence-corrected chi connectivity index (χ2v) is 8.44. The van der Waals surface area contributed by atoms with Crippen LogP contribution in [-0.4, -0.2) is 42.8 Å². The molecule has 4 aliphatic rings. The minimum absolute atomic E-state index is 0. The van der Waals surface area contributed by atoms with Crippen molar-refractivity contribution in [3.05, 3.63) is 29.1 Å². The lowest BCUT2D eigenvalue weighted by Gasteiger charge is -2.49. The fraction of sp³-hybridized carbons (Fsp3) is 0.500. The molecule has 4 fully saturated rings. The second-order valence-electron chi connectivity index (χ2n) is 7.15. The molecule has 1 atom stereocenters. The molecule has 0 N–H and O–H groups in total. The summed E-state index contributed by atoms with van der Waals surface area (Å²) >= 11 is 1.79. The summed E-state index contributed by atoms with van der Waals surface area (Å²) in [7, 11) is 0. The van der Waals surface area contributed by atoms with E-state index in [-0.39, 0.29) is 24.1 Å². The van der Waals surface area contributed by atoms with Crippen LogP contribution in [0, 0.1) is 12.8 Å². The van der Waals surface area contributed by atoms with Gasteiger partial charge in [0, 0.05) is 27.7 Å². The Morgan fingerprint density at radius 1 is 1.21 bits per heavy atom. The molecule has 1 aromatic carbocycles. The van der Waals surface area contributed by atoms with Gasteiger partial charge in [0.05, 0.1) is 6.54 Å². The van der Waals surface area contributed by atoms with Gasteiger partial charge in [0.15, 0.2) is 0 Å². The smallest absolute Gasteiger partial charge is 0.415 e. The molecule has 0 saturated carbocycles. The zero-order valence-electron chi connectivity index (χ0n) is 13.7. The van der Waals surface area contributed by atoms with Gasteiger partial charge < -0.3 is 4.74 Å². The van der Waals surface area contributed by atoms with Gasteiger partial charge in [0.2, 0.25) is 0 Å². The number of ether oxygens (including phenoxy) is 1. The number of hydrogen-bond acceptors (Lipinski definition) is 4. The number of piperidine rings is 3. The van der Waals surface area contributed by atoms with Crippen LogP contribution in [-0.2, 0) is 4.74 Å². The molecular formula is C18H21ClN2O2S. The van der Waals surface area contributed by atoms with Gasteiger partial charge in [-0.25, -0.2) is 4.79 Å². The molecule has 128 valence electrons. The van der Waals surface area contributed by atoms with Gasteiger partial charge >= 0.3 is 6.09 Å². The summed E-state index contributed by atoms with van der Waals surface area (Å²) in [5.74, 6) is 0.522. The topological polar surface area (TPSA) is 32.8 Å². The molecule has 4 nitrogen and oxygen atoms in total. The summed E-state index contributed by atoms with van der Waals surface area (Å²) in [6.45, 7) is 6.03. The summed E-state index contributed by atoms with van der Waals surface area (Å²) in [5.41, 5.74) is 0.682. The maximum absolute atomic E-state index is 12.6. The number of amides is 1. The van der Waals surface area contributed by atoms with Crippen LogP contribution in [0.2, 0.25) is 0 Å². The first-order valence-electron chi connectivity index (χ1n) is 8.36. The van der Waals surface area contributed by atoms with Gasteiger partial charge in [-0.2, -0.15) is 0 Å². The number of benzene rings is 1. The number of aryl methyl sites for hydroxylation is 1. The van der Waals surface area contributed by atoms with E-state index >= 15 is 0 Å². The standard InChI is InChI=1S/C18H20N2O2S.ClH/c1-12-8-13-9-15(2-3-16(13)23-12)20-11-18(22-17(20)21)10-19-6-4-14(18)5-7-19;/h2-3,8-9,14H,4-7,10-11H2,1H3;1H/t18-;/m1./s1. The van der Waals surface area contributed by atoms with E-state index in [0.29, 0.717) is 12.5 Å². The van der Waals surface area contributed by atoms with E-state index in [1.165, 1.54) is 15.0 Å². The van der Waals surface area contributed by atoms with Crippen LogP contribution in [0.4, 0.5) is 10.5 Å². The van der Waals surface area contributed by atoms with Crippen molar-refractivity contribution in [2.75, 3.05) is 31.1 Å². The van der Waals surface area contributed by atoms with Crippen molar-refractivity contribution in [3.8, 4) is 0 Å². The number of halogens is 1. The van der Waals surface area contributed by atoms with E-state index in [2.05, 4.69) is 36.1 Å². The Morgan fingerprint density at radius 2 is 2.00 bits per heavy atom. The summed E-state index contributed by atoms with van der Waals surface area (Å²) < 4.78 is 7.23. The molecule has 1 spiro atoms. The first kappa shape index (κ1) is 16.2. The van der Waals surface area contributed by atoms with Gasteiger partial charge in [-0.3, -0.25) is 9.80 Å². The average Bonchev–Trinajstić information content (AvgIpc) is 3.07. The number of carbonyl (C=O) groups excluding carboxylic acids is 1. The molecule has 5 heterocycles. The number of anilines is 1. The Morgan fingerprint density at radius 3 is 2.71 bits per heavy atom. The van der Waals surface area contributed by atoms with Crippen LogP contribution < -0.4 is 4.90 Å². The minimum atomic E-state index is -0.285. The lowest BCUT2D eigenvalue weighted by molar-refractivity contribution is -0.0881. The zero-order chi connectivity index (χ0) is 15.6. The molecule has 2 bridgehead atoms. The molecule has 4 saturated heterocycles. The van der Waals surface area contributed by atoms with Crippen LogP contribution in [0.15, 0.2) is 24.3 Å². The first-order chi connectivity index (χ1) is 11.1. The molecule has 0 unspecified atom stereocenters. The molecule has 1 amide bonds. The van der Waals surface area contributed by atoms with Crippen LogP contribution >= 0.6 is 23.7 Å². The average molecular weight is 365 g/mol. The first-order valence-corrected chi connectivity index (χ1v) is 9.18. The van der Waals surface area contributed by atoms with Crippen molar-refractivity contribution in [1.29, 1.82) is 0 Å². The quantitative estimate of drug-likeness (QED) is 0.765. The van der Waals surface area contributed by atoms with E-state index in [1.807, 2.05) is 4.90 Å². The molecular weight excluding hydrogens is 344 g/mol. The van der Waals surface area contributed by atoms with Crippen LogP contribution in [0.3, 0.4) is 0 Å². The van der Waals surface area contributed by atoms with Crippen LogP contribution in [0.1, 0.15) is 17.7 Å². The minimum Gasteiger partial charge on any atom is -0.439 e. The van der Waals surface area contributed by atoms with Gasteiger partial charge in [-0.05, 0) is 62.5 Å². The molecule has 0 radical (unpaired) electrons. The summed E-state index contributed by atoms with van der Waals surface area (Å²) in [6.07, 6.45) is 2.14. The number of hydrogen-bond donors (Lipinski definition) is 0. The normalized spacial score (nSPS) is 31.5. The van der Waals surface area contributed by atoms with E-state index in [9.17, 15) is 4.79 Å². The predicted molar refractivity (Wildman–Crippen MR) is 99.5 cm³/mol.